The van der Waals surface area contributed by atoms with Crippen molar-refractivity contribution in [3.05, 3.63) is 87.7 Å². The fourth-order valence-corrected chi connectivity index (χ4v) is 4.74. The van der Waals surface area contributed by atoms with Gasteiger partial charge < -0.3 is 10.8 Å². The Bertz CT molecular complexity index is 1280. The first-order valence-electron chi connectivity index (χ1n) is 11.0. The molecule has 3 nitrogen and oxygen atoms in total. The number of aliphatic hydroxyl groups is 1. The summed E-state index contributed by atoms with van der Waals surface area (Å²) in [6.07, 6.45) is -1.46. The molecule has 0 aliphatic heterocycles. The van der Waals surface area contributed by atoms with Crippen LogP contribution in [0.1, 0.15) is 58.5 Å². The summed E-state index contributed by atoms with van der Waals surface area (Å²) in [5.41, 5.74) is 10.9. The molecule has 0 bridgehead atoms. The minimum atomic E-state index is -3.11. The standard InChI is InChI=1S/C16H15F2NO.C11H9F2N/c1-9-5-6-11(13(19)7-9)12-4-2-3-10-8-16(17,18)15(20)14(10)12;12-8-4-7(6-14)9-2-1-3-11(13)10(9)5-8/h2-7,15,20H,8,19H2,1H3;4-5,11H,1-3H2. The summed E-state index contributed by atoms with van der Waals surface area (Å²) in [5, 5.41) is 18.7. The van der Waals surface area contributed by atoms with Crippen molar-refractivity contribution >= 4 is 5.69 Å². The average molecular weight is 468 g/mol. The van der Waals surface area contributed by atoms with E-state index in [0.717, 1.165) is 12.0 Å². The van der Waals surface area contributed by atoms with Crippen LogP contribution in [0.15, 0.2) is 48.5 Å². The Labute approximate surface area is 195 Å². The van der Waals surface area contributed by atoms with Crippen molar-refractivity contribution in [2.45, 2.75) is 50.8 Å². The topological polar surface area (TPSA) is 70.0 Å². The first-order chi connectivity index (χ1) is 16.1. The van der Waals surface area contributed by atoms with Crippen molar-refractivity contribution in [1.29, 1.82) is 5.26 Å². The number of nitrogen functional groups attached to an aromatic ring is 1. The van der Waals surface area contributed by atoms with Gasteiger partial charge in [-0.3, -0.25) is 0 Å². The minimum Gasteiger partial charge on any atom is -0.398 e. The second kappa shape index (κ2) is 9.11. The number of hydrogen-bond donors (Lipinski definition) is 2. The van der Waals surface area contributed by atoms with Gasteiger partial charge in [0.1, 0.15) is 18.1 Å². The van der Waals surface area contributed by atoms with Crippen LogP contribution in [-0.2, 0) is 12.8 Å². The number of fused-ring (bicyclic) bond motifs is 2. The Morgan fingerprint density at radius 2 is 1.88 bits per heavy atom. The second-order valence-corrected chi connectivity index (χ2v) is 8.80. The highest BCUT2D eigenvalue weighted by molar-refractivity contribution is 5.80. The number of nitrogens with two attached hydrogens (primary N) is 1. The van der Waals surface area contributed by atoms with Gasteiger partial charge in [-0.05, 0) is 77.8 Å². The molecule has 0 spiro atoms. The SMILES string of the molecule is Cc1ccc(-c2cccc3c2C(O)C(F)(F)C3)c(N)c1.N#Cc1cc(F)cc2c1CCCC2F. The number of aryl methyl sites for hydroxylation is 1. The predicted molar refractivity (Wildman–Crippen MR) is 123 cm³/mol. The number of alkyl halides is 3. The Kier molecular flexibility index (Phi) is 6.37. The van der Waals surface area contributed by atoms with Crippen molar-refractivity contribution in [2.24, 2.45) is 0 Å². The van der Waals surface area contributed by atoms with E-state index >= 15 is 0 Å². The van der Waals surface area contributed by atoms with E-state index in [2.05, 4.69) is 0 Å². The first kappa shape index (κ1) is 23.8. The summed E-state index contributed by atoms with van der Waals surface area (Å²) in [5.74, 6) is -3.64. The van der Waals surface area contributed by atoms with Crippen LogP contribution in [0.2, 0.25) is 0 Å². The van der Waals surface area contributed by atoms with Gasteiger partial charge in [0.05, 0.1) is 11.6 Å². The molecule has 5 rings (SSSR count). The molecule has 176 valence electrons. The molecular formula is C27H24F4N2O. The summed E-state index contributed by atoms with van der Waals surface area (Å²) < 4.78 is 53.8. The van der Waals surface area contributed by atoms with Crippen molar-refractivity contribution in [1.82, 2.24) is 0 Å². The van der Waals surface area contributed by atoms with E-state index in [1.54, 1.807) is 24.3 Å². The van der Waals surface area contributed by atoms with Crippen LogP contribution in [0.5, 0.6) is 0 Å². The lowest BCUT2D eigenvalue weighted by molar-refractivity contribution is -0.0966. The number of anilines is 1. The molecule has 0 saturated carbocycles. The van der Waals surface area contributed by atoms with Crippen molar-refractivity contribution in [2.75, 3.05) is 5.73 Å². The van der Waals surface area contributed by atoms with E-state index in [1.165, 1.54) is 12.1 Å². The van der Waals surface area contributed by atoms with Gasteiger partial charge in [0.2, 0.25) is 0 Å². The van der Waals surface area contributed by atoms with Crippen LogP contribution < -0.4 is 5.73 Å². The fraction of sp³-hybridized carbons (Fsp3) is 0.296. The van der Waals surface area contributed by atoms with Crippen LogP contribution in [0.25, 0.3) is 11.1 Å². The molecule has 2 aliphatic carbocycles. The summed E-state index contributed by atoms with van der Waals surface area (Å²) in [4.78, 5) is 0. The number of nitrogens with zero attached hydrogens (tertiary/aromatic N) is 1. The number of benzene rings is 3. The van der Waals surface area contributed by atoms with Gasteiger partial charge in [0.25, 0.3) is 5.92 Å². The smallest absolute Gasteiger partial charge is 0.281 e. The molecule has 0 radical (unpaired) electrons. The summed E-state index contributed by atoms with van der Waals surface area (Å²) in [6, 6.07) is 14.9. The van der Waals surface area contributed by atoms with E-state index < -0.39 is 30.4 Å². The van der Waals surface area contributed by atoms with Crippen molar-refractivity contribution in [3.63, 3.8) is 0 Å². The largest absolute Gasteiger partial charge is 0.398 e. The van der Waals surface area contributed by atoms with Gasteiger partial charge >= 0.3 is 0 Å². The van der Waals surface area contributed by atoms with E-state index in [1.807, 2.05) is 25.1 Å². The molecule has 2 unspecified atom stereocenters. The molecule has 2 atom stereocenters. The molecule has 3 N–H and O–H groups in total. The lowest BCUT2D eigenvalue weighted by Crippen LogP contribution is -2.21. The molecule has 3 aromatic carbocycles. The van der Waals surface area contributed by atoms with Crippen LogP contribution in [0.4, 0.5) is 23.2 Å². The fourth-order valence-electron chi connectivity index (χ4n) is 4.74. The molecule has 0 aromatic heterocycles. The zero-order valence-electron chi connectivity index (χ0n) is 18.6. The second-order valence-electron chi connectivity index (χ2n) is 8.80. The zero-order valence-corrected chi connectivity index (χ0v) is 18.6. The van der Waals surface area contributed by atoms with Crippen LogP contribution in [0, 0.1) is 24.1 Å². The Morgan fingerprint density at radius 3 is 2.59 bits per heavy atom. The Balaban J connectivity index is 0.000000172. The Hall–Kier alpha value is -3.37. The summed E-state index contributed by atoms with van der Waals surface area (Å²) in [6.45, 7) is 1.92. The van der Waals surface area contributed by atoms with E-state index in [0.29, 0.717) is 51.9 Å². The van der Waals surface area contributed by atoms with Crippen LogP contribution in [0.3, 0.4) is 0 Å². The highest BCUT2D eigenvalue weighted by atomic mass is 19.3. The molecule has 0 saturated heterocycles. The maximum Gasteiger partial charge on any atom is 0.281 e. The van der Waals surface area contributed by atoms with Gasteiger partial charge in [0, 0.05) is 17.7 Å². The normalized spacial score (nSPS) is 19.9. The van der Waals surface area contributed by atoms with Crippen LogP contribution >= 0.6 is 0 Å². The van der Waals surface area contributed by atoms with Gasteiger partial charge in [-0.15, -0.1) is 0 Å². The number of hydrogen-bond acceptors (Lipinski definition) is 3. The monoisotopic (exact) mass is 468 g/mol. The molecule has 7 heteroatoms. The number of aliphatic hydroxyl groups excluding tert-OH is 1. The number of halogens is 4. The highest BCUT2D eigenvalue weighted by Crippen LogP contribution is 2.47. The number of rotatable bonds is 1. The quantitative estimate of drug-likeness (QED) is 0.316. The van der Waals surface area contributed by atoms with E-state index in [-0.39, 0.29) is 5.56 Å². The zero-order chi connectivity index (χ0) is 24.6. The lowest BCUT2D eigenvalue weighted by atomic mass is 9.87. The van der Waals surface area contributed by atoms with E-state index in [9.17, 15) is 22.7 Å². The third-order valence-corrected chi connectivity index (χ3v) is 6.38. The van der Waals surface area contributed by atoms with E-state index in [4.69, 9.17) is 11.0 Å². The maximum atomic E-state index is 13.7. The maximum absolute atomic E-state index is 13.7. The Morgan fingerprint density at radius 1 is 1.12 bits per heavy atom. The summed E-state index contributed by atoms with van der Waals surface area (Å²) in [7, 11) is 0. The third-order valence-electron chi connectivity index (χ3n) is 6.38. The van der Waals surface area contributed by atoms with Crippen LogP contribution in [-0.4, -0.2) is 11.0 Å². The minimum absolute atomic E-state index is 0.280. The van der Waals surface area contributed by atoms with Gasteiger partial charge in [-0.1, -0.05) is 30.3 Å². The molecular weight excluding hydrogens is 444 g/mol. The molecule has 0 heterocycles. The van der Waals surface area contributed by atoms with Crippen molar-refractivity contribution in [3.8, 4) is 17.2 Å². The highest BCUT2D eigenvalue weighted by Gasteiger charge is 2.47. The molecule has 34 heavy (non-hydrogen) atoms. The number of nitriles is 1. The summed E-state index contributed by atoms with van der Waals surface area (Å²) >= 11 is 0. The van der Waals surface area contributed by atoms with Gasteiger partial charge in [-0.2, -0.15) is 5.26 Å². The molecule has 0 amide bonds. The third kappa shape index (κ3) is 4.38. The molecule has 3 aromatic rings. The van der Waals surface area contributed by atoms with Gasteiger partial charge in [-0.25, -0.2) is 17.6 Å². The lowest BCUT2D eigenvalue weighted by Gasteiger charge is -2.20. The molecule has 0 fully saturated rings. The van der Waals surface area contributed by atoms with Crippen molar-refractivity contribution < 1.29 is 22.7 Å². The average Bonchev–Trinajstić information content (AvgIpc) is 3.03. The van der Waals surface area contributed by atoms with Gasteiger partial charge in [0.15, 0.2) is 0 Å². The predicted octanol–water partition coefficient (Wildman–Crippen LogP) is 6.51. The molecule has 2 aliphatic rings. The first-order valence-corrected chi connectivity index (χ1v) is 11.0.